The smallest absolute Gasteiger partial charge is 0.225 e. The van der Waals surface area contributed by atoms with Crippen molar-refractivity contribution in [3.05, 3.63) is 48.3 Å². The van der Waals surface area contributed by atoms with Crippen LogP contribution in [0.15, 0.2) is 42.7 Å². The molecule has 35 heavy (non-hydrogen) atoms. The first kappa shape index (κ1) is 23.9. The molecule has 3 heterocycles. The molecule has 0 unspecified atom stereocenters. The molecule has 0 radical (unpaired) electrons. The monoisotopic (exact) mass is 478 g/mol. The minimum absolute atomic E-state index is 0.140. The average Bonchev–Trinajstić information content (AvgIpc) is 2.93. The molecule has 7 heteroatoms. The van der Waals surface area contributed by atoms with Crippen LogP contribution in [-0.2, 0) is 11.2 Å². The van der Waals surface area contributed by atoms with Gasteiger partial charge in [0.25, 0.3) is 0 Å². The van der Waals surface area contributed by atoms with Crippen LogP contribution in [0.5, 0.6) is 11.5 Å². The van der Waals surface area contributed by atoms with Gasteiger partial charge in [-0.15, -0.1) is 0 Å². The summed E-state index contributed by atoms with van der Waals surface area (Å²) in [5.41, 5.74) is 2.31. The lowest BCUT2D eigenvalue weighted by Crippen LogP contribution is -2.53. The number of likely N-dealkylation sites (N-methyl/N-ethyl adjacent to an activating group) is 1. The number of para-hydroxylation sites is 1. The number of rotatable bonds is 7. The summed E-state index contributed by atoms with van der Waals surface area (Å²) in [6.45, 7) is 5.86. The Morgan fingerprint density at radius 1 is 1.06 bits per heavy atom. The van der Waals surface area contributed by atoms with Gasteiger partial charge in [0.2, 0.25) is 5.91 Å². The molecule has 2 fully saturated rings. The van der Waals surface area contributed by atoms with Gasteiger partial charge in [0.05, 0.1) is 5.69 Å². The Morgan fingerprint density at radius 3 is 2.63 bits per heavy atom. The van der Waals surface area contributed by atoms with E-state index in [1.165, 1.54) is 24.8 Å². The maximum absolute atomic E-state index is 13.4. The lowest BCUT2D eigenvalue weighted by molar-refractivity contribution is -0.137. The van der Waals surface area contributed by atoms with Gasteiger partial charge >= 0.3 is 0 Å². The van der Waals surface area contributed by atoms with Gasteiger partial charge in [-0.3, -0.25) is 14.7 Å². The van der Waals surface area contributed by atoms with Crippen molar-refractivity contribution < 1.29 is 14.3 Å². The number of pyridine rings is 1. The molecule has 0 spiro atoms. The summed E-state index contributed by atoms with van der Waals surface area (Å²) in [7, 11) is 2.02. The number of anilines is 1. The van der Waals surface area contributed by atoms with Gasteiger partial charge in [0.1, 0.15) is 13.2 Å². The summed E-state index contributed by atoms with van der Waals surface area (Å²) < 4.78 is 11.7. The standard InChI is InChI=1S/C28H38N4O3/c1-30(28(33)23-8-3-2-4-9-23)24(19-22-7-6-12-29-20-22)21-31-13-15-32(16-14-31)25-10-5-11-26-27(25)35-18-17-34-26/h5-7,10-12,20,23-24H,2-4,8-9,13-19,21H2,1H3/t24-/m1/s1. The number of amides is 1. The van der Waals surface area contributed by atoms with E-state index in [4.69, 9.17) is 9.47 Å². The molecule has 188 valence electrons. The van der Waals surface area contributed by atoms with Crippen molar-refractivity contribution in [3.8, 4) is 11.5 Å². The first-order valence-corrected chi connectivity index (χ1v) is 13.2. The van der Waals surface area contributed by atoms with E-state index in [-0.39, 0.29) is 12.0 Å². The summed E-state index contributed by atoms with van der Waals surface area (Å²) in [6, 6.07) is 10.4. The summed E-state index contributed by atoms with van der Waals surface area (Å²) in [5, 5.41) is 0. The molecule has 0 N–H and O–H groups in total. The van der Waals surface area contributed by atoms with Gasteiger partial charge in [-0.1, -0.05) is 31.4 Å². The molecule has 2 aromatic rings. The Hall–Kier alpha value is -2.80. The lowest BCUT2D eigenvalue weighted by atomic mass is 9.88. The van der Waals surface area contributed by atoms with Crippen LogP contribution < -0.4 is 14.4 Å². The molecule has 1 aliphatic carbocycles. The van der Waals surface area contributed by atoms with Crippen LogP contribution in [0.2, 0.25) is 0 Å². The van der Waals surface area contributed by atoms with Crippen LogP contribution in [0.25, 0.3) is 0 Å². The summed E-state index contributed by atoms with van der Waals surface area (Å²) in [6.07, 6.45) is 10.3. The molecule has 5 rings (SSSR count). The van der Waals surface area contributed by atoms with Crippen LogP contribution in [0, 0.1) is 5.92 Å². The number of carbonyl (C=O) groups is 1. The lowest BCUT2D eigenvalue weighted by Gasteiger charge is -2.40. The third kappa shape index (κ3) is 5.72. The zero-order valence-corrected chi connectivity index (χ0v) is 20.9. The fourth-order valence-electron chi connectivity index (χ4n) is 5.71. The van der Waals surface area contributed by atoms with E-state index in [0.717, 1.165) is 69.2 Å². The first-order chi connectivity index (χ1) is 17.2. The molecular formula is C28H38N4O3. The highest BCUT2D eigenvalue weighted by molar-refractivity contribution is 5.79. The molecular weight excluding hydrogens is 440 g/mol. The number of carbonyl (C=O) groups excluding carboxylic acids is 1. The van der Waals surface area contributed by atoms with Crippen molar-refractivity contribution in [3.63, 3.8) is 0 Å². The number of piperazine rings is 1. The number of hydrogen-bond donors (Lipinski definition) is 0. The third-order valence-electron chi connectivity index (χ3n) is 7.77. The third-order valence-corrected chi connectivity index (χ3v) is 7.77. The zero-order valence-electron chi connectivity index (χ0n) is 20.9. The largest absolute Gasteiger partial charge is 0.486 e. The zero-order chi connectivity index (χ0) is 24.0. The normalized spacial score (nSPS) is 19.9. The number of aromatic nitrogens is 1. The number of ether oxygens (including phenoxy) is 2. The minimum atomic E-state index is 0.140. The van der Waals surface area contributed by atoms with Gasteiger partial charge in [-0.2, -0.15) is 0 Å². The Kier molecular flexibility index (Phi) is 7.72. The predicted octanol–water partition coefficient (Wildman–Crippen LogP) is 3.62. The highest BCUT2D eigenvalue weighted by Gasteiger charge is 2.31. The van der Waals surface area contributed by atoms with E-state index in [1.54, 1.807) is 0 Å². The highest BCUT2D eigenvalue weighted by Crippen LogP contribution is 2.39. The fraction of sp³-hybridized carbons (Fsp3) is 0.571. The van der Waals surface area contributed by atoms with Gasteiger partial charge in [0, 0.05) is 64.1 Å². The second-order valence-corrected chi connectivity index (χ2v) is 10.1. The molecule has 1 saturated carbocycles. The average molecular weight is 479 g/mol. The van der Waals surface area contributed by atoms with Crippen molar-refractivity contribution in [2.24, 2.45) is 5.92 Å². The first-order valence-electron chi connectivity index (χ1n) is 13.2. The van der Waals surface area contributed by atoms with E-state index in [1.807, 2.05) is 42.5 Å². The fourth-order valence-corrected chi connectivity index (χ4v) is 5.71. The highest BCUT2D eigenvalue weighted by atomic mass is 16.6. The molecule has 2 aliphatic heterocycles. The van der Waals surface area contributed by atoms with Crippen molar-refractivity contribution in [1.82, 2.24) is 14.8 Å². The van der Waals surface area contributed by atoms with Crippen LogP contribution in [0.1, 0.15) is 37.7 Å². The van der Waals surface area contributed by atoms with Crippen molar-refractivity contribution >= 4 is 11.6 Å². The number of nitrogens with zero attached hydrogens (tertiary/aromatic N) is 4. The summed E-state index contributed by atoms with van der Waals surface area (Å²) in [5.74, 6) is 2.23. The quantitative estimate of drug-likeness (QED) is 0.606. The molecule has 0 bridgehead atoms. The van der Waals surface area contributed by atoms with Crippen LogP contribution >= 0.6 is 0 Å². The SMILES string of the molecule is CN(C(=O)C1CCCCC1)[C@H](Cc1cccnc1)CN1CCN(c2cccc3c2OCCO3)CC1. The van der Waals surface area contributed by atoms with Crippen molar-refractivity contribution in [1.29, 1.82) is 0 Å². The molecule has 1 saturated heterocycles. The molecule has 1 atom stereocenters. The summed E-state index contributed by atoms with van der Waals surface area (Å²) in [4.78, 5) is 24.7. The van der Waals surface area contributed by atoms with E-state index < -0.39 is 0 Å². The topological polar surface area (TPSA) is 58.1 Å². The minimum Gasteiger partial charge on any atom is -0.486 e. The van der Waals surface area contributed by atoms with Crippen molar-refractivity contribution in [2.75, 3.05) is 57.9 Å². The van der Waals surface area contributed by atoms with Crippen molar-refractivity contribution in [2.45, 2.75) is 44.6 Å². The van der Waals surface area contributed by atoms with E-state index in [2.05, 4.69) is 26.9 Å². The number of benzene rings is 1. The molecule has 1 aromatic carbocycles. The van der Waals surface area contributed by atoms with Gasteiger partial charge < -0.3 is 19.3 Å². The van der Waals surface area contributed by atoms with E-state index >= 15 is 0 Å². The Balaban J connectivity index is 1.24. The van der Waals surface area contributed by atoms with Gasteiger partial charge in [0.15, 0.2) is 11.5 Å². The molecule has 7 nitrogen and oxygen atoms in total. The second kappa shape index (κ2) is 11.3. The van der Waals surface area contributed by atoms with Crippen LogP contribution in [0.3, 0.4) is 0 Å². The van der Waals surface area contributed by atoms with Gasteiger partial charge in [-0.05, 0) is 43.0 Å². The maximum Gasteiger partial charge on any atom is 0.225 e. The van der Waals surface area contributed by atoms with Gasteiger partial charge in [-0.25, -0.2) is 0 Å². The Bertz CT molecular complexity index is 971. The maximum atomic E-state index is 13.4. The number of fused-ring (bicyclic) bond motifs is 1. The van der Waals surface area contributed by atoms with Crippen LogP contribution in [0.4, 0.5) is 5.69 Å². The van der Waals surface area contributed by atoms with E-state index in [0.29, 0.717) is 19.1 Å². The van der Waals surface area contributed by atoms with Crippen LogP contribution in [-0.4, -0.2) is 79.7 Å². The Morgan fingerprint density at radius 2 is 1.86 bits per heavy atom. The predicted molar refractivity (Wildman–Crippen MR) is 137 cm³/mol. The molecule has 3 aliphatic rings. The second-order valence-electron chi connectivity index (χ2n) is 10.1. The Labute approximate surface area is 209 Å². The summed E-state index contributed by atoms with van der Waals surface area (Å²) >= 11 is 0. The molecule has 1 aromatic heterocycles. The molecule has 1 amide bonds. The number of hydrogen-bond acceptors (Lipinski definition) is 6. The van der Waals surface area contributed by atoms with E-state index in [9.17, 15) is 4.79 Å².